The maximum absolute atomic E-state index is 12.8. The molecular formula is C21H27BrN4O2. The Morgan fingerprint density at radius 3 is 2.54 bits per heavy atom. The molecule has 3 heterocycles. The first-order valence-electron chi connectivity index (χ1n) is 10.3. The number of carbonyl (C=O) groups is 1. The van der Waals surface area contributed by atoms with E-state index < -0.39 is 0 Å². The number of halogens is 1. The summed E-state index contributed by atoms with van der Waals surface area (Å²) < 4.78 is 6.84. The second-order valence-corrected chi connectivity index (χ2v) is 8.72. The van der Waals surface area contributed by atoms with E-state index in [-0.39, 0.29) is 5.92 Å². The van der Waals surface area contributed by atoms with Gasteiger partial charge in [0.15, 0.2) is 0 Å². The lowest BCUT2D eigenvalue weighted by molar-refractivity contribution is -0.137. The van der Waals surface area contributed by atoms with Crippen LogP contribution in [0.25, 0.3) is 11.5 Å². The van der Waals surface area contributed by atoms with Crippen molar-refractivity contribution < 1.29 is 9.21 Å². The Hall–Kier alpha value is -1.73. The number of amides is 1. The molecule has 28 heavy (non-hydrogen) atoms. The van der Waals surface area contributed by atoms with Crippen LogP contribution in [0.2, 0.25) is 0 Å². The summed E-state index contributed by atoms with van der Waals surface area (Å²) in [7, 11) is 0. The number of piperidine rings is 1. The van der Waals surface area contributed by atoms with Gasteiger partial charge in [0.05, 0.1) is 6.54 Å². The fourth-order valence-electron chi connectivity index (χ4n) is 4.13. The Labute approximate surface area is 174 Å². The van der Waals surface area contributed by atoms with Crippen LogP contribution in [-0.2, 0) is 11.3 Å². The number of rotatable bonds is 4. The minimum atomic E-state index is 0.175. The molecule has 0 unspecified atom stereocenters. The molecule has 7 heteroatoms. The lowest BCUT2D eigenvalue weighted by Crippen LogP contribution is -2.42. The average Bonchev–Trinajstić information content (AvgIpc) is 3.00. The number of nitrogens with zero attached hydrogens (tertiary/aromatic N) is 4. The van der Waals surface area contributed by atoms with E-state index in [0.717, 1.165) is 61.9 Å². The monoisotopic (exact) mass is 446 g/mol. The highest BCUT2D eigenvalue weighted by Gasteiger charge is 2.29. The van der Waals surface area contributed by atoms with E-state index in [1.165, 1.54) is 12.8 Å². The average molecular weight is 447 g/mol. The number of hydrogen-bond donors (Lipinski definition) is 0. The SMILES string of the molecule is O=C(C1CCN(Cc2nnc(-c3cccc(Br)c3)o2)CC1)N1CCCCCC1. The second kappa shape index (κ2) is 9.18. The quantitative estimate of drug-likeness (QED) is 0.706. The van der Waals surface area contributed by atoms with Crippen LogP contribution in [0, 0.1) is 5.92 Å². The predicted octanol–water partition coefficient (Wildman–Crippen LogP) is 4.11. The van der Waals surface area contributed by atoms with Gasteiger partial charge in [-0.25, -0.2) is 0 Å². The molecule has 4 rings (SSSR count). The first kappa shape index (κ1) is 19.6. The number of carbonyl (C=O) groups excluding carboxylic acids is 1. The van der Waals surface area contributed by atoms with Crippen molar-refractivity contribution in [1.82, 2.24) is 20.0 Å². The van der Waals surface area contributed by atoms with Crippen LogP contribution in [-0.4, -0.2) is 52.1 Å². The van der Waals surface area contributed by atoms with Gasteiger partial charge in [-0.3, -0.25) is 9.69 Å². The van der Waals surface area contributed by atoms with Crippen molar-refractivity contribution in [2.45, 2.75) is 45.1 Å². The van der Waals surface area contributed by atoms with E-state index >= 15 is 0 Å². The minimum absolute atomic E-state index is 0.175. The van der Waals surface area contributed by atoms with Crippen LogP contribution in [0.15, 0.2) is 33.2 Å². The molecule has 2 saturated heterocycles. The fourth-order valence-corrected chi connectivity index (χ4v) is 4.53. The zero-order valence-corrected chi connectivity index (χ0v) is 17.7. The minimum Gasteiger partial charge on any atom is -0.419 e. The van der Waals surface area contributed by atoms with Crippen molar-refractivity contribution in [2.75, 3.05) is 26.2 Å². The lowest BCUT2D eigenvalue weighted by atomic mass is 9.95. The van der Waals surface area contributed by atoms with Crippen LogP contribution < -0.4 is 0 Å². The number of aromatic nitrogens is 2. The van der Waals surface area contributed by atoms with Crippen molar-refractivity contribution in [1.29, 1.82) is 0 Å². The molecule has 0 aliphatic carbocycles. The third-order valence-corrected chi connectivity index (χ3v) is 6.25. The van der Waals surface area contributed by atoms with Crippen molar-refractivity contribution in [3.8, 4) is 11.5 Å². The Morgan fingerprint density at radius 1 is 1.07 bits per heavy atom. The molecule has 1 amide bonds. The molecular weight excluding hydrogens is 420 g/mol. The van der Waals surface area contributed by atoms with E-state index in [4.69, 9.17) is 4.42 Å². The van der Waals surface area contributed by atoms with Crippen molar-refractivity contribution in [2.24, 2.45) is 5.92 Å². The molecule has 6 nitrogen and oxygen atoms in total. The number of hydrogen-bond acceptors (Lipinski definition) is 5. The van der Waals surface area contributed by atoms with Crippen LogP contribution >= 0.6 is 15.9 Å². The van der Waals surface area contributed by atoms with Crippen LogP contribution in [0.3, 0.4) is 0 Å². The molecule has 150 valence electrons. The van der Waals surface area contributed by atoms with Gasteiger partial charge in [0.2, 0.25) is 17.7 Å². The summed E-state index contributed by atoms with van der Waals surface area (Å²) in [6.07, 6.45) is 6.66. The molecule has 1 aromatic heterocycles. The molecule has 0 radical (unpaired) electrons. The summed E-state index contributed by atoms with van der Waals surface area (Å²) in [5, 5.41) is 8.39. The maximum atomic E-state index is 12.8. The Morgan fingerprint density at radius 2 is 1.82 bits per heavy atom. The summed E-state index contributed by atoms with van der Waals surface area (Å²) in [5.41, 5.74) is 0.912. The molecule has 0 spiro atoms. The third kappa shape index (κ3) is 4.81. The zero-order chi connectivity index (χ0) is 19.3. The van der Waals surface area contributed by atoms with Gasteiger partial charge in [0.1, 0.15) is 0 Å². The molecule has 2 aliphatic rings. The largest absolute Gasteiger partial charge is 0.419 e. The summed E-state index contributed by atoms with van der Waals surface area (Å²) in [5.74, 6) is 1.72. The molecule has 1 aromatic carbocycles. The lowest BCUT2D eigenvalue weighted by Gasteiger charge is -2.33. The van der Waals surface area contributed by atoms with Crippen LogP contribution in [0.5, 0.6) is 0 Å². The predicted molar refractivity (Wildman–Crippen MR) is 110 cm³/mol. The van der Waals surface area contributed by atoms with E-state index in [0.29, 0.717) is 24.2 Å². The van der Waals surface area contributed by atoms with Gasteiger partial charge in [-0.1, -0.05) is 34.8 Å². The van der Waals surface area contributed by atoms with Gasteiger partial charge < -0.3 is 9.32 Å². The van der Waals surface area contributed by atoms with Gasteiger partial charge in [-0.15, -0.1) is 10.2 Å². The molecule has 2 aliphatic heterocycles. The van der Waals surface area contributed by atoms with Crippen molar-refractivity contribution in [3.05, 3.63) is 34.6 Å². The molecule has 0 atom stereocenters. The third-order valence-electron chi connectivity index (χ3n) is 5.75. The van der Waals surface area contributed by atoms with Gasteiger partial charge in [-0.05, 0) is 57.0 Å². The highest BCUT2D eigenvalue weighted by atomic mass is 79.9. The van der Waals surface area contributed by atoms with E-state index in [1.54, 1.807) is 0 Å². The smallest absolute Gasteiger partial charge is 0.247 e. The molecule has 0 saturated carbocycles. The first-order chi connectivity index (χ1) is 13.7. The van der Waals surface area contributed by atoms with Gasteiger partial charge in [0.25, 0.3) is 0 Å². The maximum Gasteiger partial charge on any atom is 0.247 e. The molecule has 2 aromatic rings. The van der Waals surface area contributed by atoms with Gasteiger partial charge in [-0.2, -0.15) is 0 Å². The van der Waals surface area contributed by atoms with Gasteiger partial charge in [0, 0.05) is 29.0 Å². The second-order valence-electron chi connectivity index (χ2n) is 7.80. The molecule has 0 bridgehead atoms. The van der Waals surface area contributed by atoms with E-state index in [9.17, 15) is 4.79 Å². The van der Waals surface area contributed by atoms with Gasteiger partial charge >= 0.3 is 0 Å². The topological polar surface area (TPSA) is 62.5 Å². The summed E-state index contributed by atoms with van der Waals surface area (Å²) in [6.45, 7) is 4.34. The highest BCUT2D eigenvalue weighted by Crippen LogP contribution is 2.25. The zero-order valence-electron chi connectivity index (χ0n) is 16.1. The van der Waals surface area contributed by atoms with Crippen LogP contribution in [0.4, 0.5) is 0 Å². The van der Waals surface area contributed by atoms with Crippen LogP contribution in [0.1, 0.15) is 44.4 Å². The fraction of sp³-hybridized carbons (Fsp3) is 0.571. The van der Waals surface area contributed by atoms with Crippen molar-refractivity contribution in [3.63, 3.8) is 0 Å². The standard InChI is InChI=1S/C21H27BrN4O2/c22-18-7-5-6-17(14-18)20-24-23-19(28-20)15-25-12-8-16(9-13-25)21(27)26-10-3-1-2-4-11-26/h5-7,14,16H,1-4,8-13,15H2. The van der Waals surface area contributed by atoms with E-state index in [2.05, 4.69) is 35.9 Å². The number of benzene rings is 1. The normalized spacial score (nSPS) is 19.5. The molecule has 0 N–H and O–H groups in total. The van der Waals surface area contributed by atoms with E-state index in [1.807, 2.05) is 24.3 Å². The Bertz CT molecular complexity index is 793. The summed E-state index contributed by atoms with van der Waals surface area (Å²) in [6, 6.07) is 7.85. The highest BCUT2D eigenvalue weighted by molar-refractivity contribution is 9.10. The number of likely N-dealkylation sites (tertiary alicyclic amines) is 2. The van der Waals surface area contributed by atoms with Crippen molar-refractivity contribution >= 4 is 21.8 Å². The summed E-state index contributed by atoms with van der Waals surface area (Å²) in [4.78, 5) is 17.2. The molecule has 2 fully saturated rings. The first-order valence-corrected chi connectivity index (χ1v) is 11.1. The Kier molecular flexibility index (Phi) is 6.42. The summed E-state index contributed by atoms with van der Waals surface area (Å²) >= 11 is 3.47. The Balaban J connectivity index is 1.29.